The molecule has 0 amide bonds. The summed E-state index contributed by atoms with van der Waals surface area (Å²) in [5, 5.41) is 0.615. The highest BCUT2D eigenvalue weighted by atomic mass is 35.5. The molecule has 0 unspecified atom stereocenters. The molecule has 0 radical (unpaired) electrons. The van der Waals surface area contributed by atoms with Crippen molar-refractivity contribution >= 4 is 40.5 Å². The minimum atomic E-state index is -0.377. The third-order valence-electron chi connectivity index (χ3n) is 3.27. The molecule has 1 aromatic heterocycles. The minimum Gasteiger partial charge on any atom is -0.408 e. The third kappa shape index (κ3) is 4.13. The Labute approximate surface area is 149 Å². The van der Waals surface area contributed by atoms with Crippen LogP contribution in [0.2, 0.25) is 5.02 Å². The van der Waals surface area contributed by atoms with Crippen LogP contribution in [0.4, 0.5) is 5.69 Å². The van der Waals surface area contributed by atoms with Gasteiger partial charge < -0.3 is 4.74 Å². The second-order valence-electron chi connectivity index (χ2n) is 4.97. The topological polar surface area (TPSA) is 60.7 Å². The maximum atomic E-state index is 12.4. The molecule has 0 spiro atoms. The van der Waals surface area contributed by atoms with Crippen LogP contribution < -0.4 is 9.54 Å². The van der Waals surface area contributed by atoms with E-state index in [-0.39, 0.29) is 30.6 Å². The van der Waals surface area contributed by atoms with Gasteiger partial charge in [-0.2, -0.15) is 0 Å². The molecule has 0 fully saturated rings. The van der Waals surface area contributed by atoms with Gasteiger partial charge in [-0.1, -0.05) is 43.7 Å². The number of hydrogen-bond donors (Lipinski definition) is 0. The SMILES string of the molecule is CCC(=O)Oc1c(CC)sc(=Nc2ccc(Cl)cc2)n1C(=O)CC. The van der Waals surface area contributed by atoms with E-state index in [0.29, 0.717) is 21.9 Å². The fourth-order valence-electron chi connectivity index (χ4n) is 1.99. The summed E-state index contributed by atoms with van der Waals surface area (Å²) in [4.78, 5) is 29.9. The number of halogens is 1. The predicted octanol–water partition coefficient (Wildman–Crippen LogP) is 4.36. The number of aryl methyl sites for hydroxylation is 1. The maximum Gasteiger partial charge on any atom is 0.312 e. The number of thiazole rings is 1. The van der Waals surface area contributed by atoms with Crippen LogP contribution in [-0.4, -0.2) is 16.4 Å². The monoisotopic (exact) mass is 366 g/mol. The van der Waals surface area contributed by atoms with Crippen molar-refractivity contribution in [1.29, 1.82) is 0 Å². The standard InChI is InChI=1S/C17H19ClN2O3S/c1-4-13-16(23-15(22)6-3)20(14(21)5-2)17(24-13)19-12-9-7-11(18)8-10-12/h7-10H,4-6H2,1-3H3. The first-order chi connectivity index (χ1) is 11.5. The summed E-state index contributed by atoms with van der Waals surface area (Å²) in [5.41, 5.74) is 0.675. The minimum absolute atomic E-state index is 0.169. The number of benzene rings is 1. The normalized spacial score (nSPS) is 11.6. The van der Waals surface area contributed by atoms with Gasteiger partial charge in [0.15, 0.2) is 4.80 Å². The number of hydrogen-bond acceptors (Lipinski definition) is 5. The average Bonchev–Trinajstić information content (AvgIpc) is 2.93. The van der Waals surface area contributed by atoms with Crippen LogP contribution in [0.1, 0.15) is 43.3 Å². The summed E-state index contributed by atoms with van der Waals surface area (Å²) >= 11 is 7.23. The van der Waals surface area contributed by atoms with Crippen molar-refractivity contribution < 1.29 is 14.3 Å². The van der Waals surface area contributed by atoms with Gasteiger partial charge in [-0.3, -0.25) is 9.59 Å². The lowest BCUT2D eigenvalue weighted by Crippen LogP contribution is -2.24. The van der Waals surface area contributed by atoms with E-state index in [2.05, 4.69) is 4.99 Å². The Kier molecular flexibility index (Phi) is 6.34. The van der Waals surface area contributed by atoms with Crippen LogP contribution in [0.5, 0.6) is 5.88 Å². The summed E-state index contributed by atoms with van der Waals surface area (Å²) in [5.74, 6) is -0.260. The third-order valence-corrected chi connectivity index (χ3v) is 4.69. The van der Waals surface area contributed by atoms with Crippen molar-refractivity contribution in [1.82, 2.24) is 4.57 Å². The van der Waals surface area contributed by atoms with Crippen LogP contribution in [0, 0.1) is 0 Å². The van der Waals surface area contributed by atoms with Gasteiger partial charge in [0.1, 0.15) is 0 Å². The van der Waals surface area contributed by atoms with Crippen molar-refractivity contribution in [3.05, 3.63) is 39.0 Å². The second-order valence-corrected chi connectivity index (χ2v) is 6.46. The molecule has 0 saturated heterocycles. The largest absolute Gasteiger partial charge is 0.408 e. The maximum absolute atomic E-state index is 12.4. The molecule has 0 aliphatic rings. The summed E-state index contributed by atoms with van der Waals surface area (Å²) in [6.45, 7) is 5.42. The fraction of sp³-hybridized carbons (Fsp3) is 0.353. The van der Waals surface area contributed by atoms with E-state index in [1.807, 2.05) is 6.92 Å². The summed E-state index contributed by atoms with van der Waals surface area (Å²) < 4.78 is 6.80. The van der Waals surface area contributed by atoms with Crippen molar-refractivity contribution in [3.63, 3.8) is 0 Å². The Morgan fingerprint density at radius 3 is 2.38 bits per heavy atom. The van der Waals surface area contributed by atoms with Crippen molar-refractivity contribution in [2.45, 2.75) is 40.0 Å². The van der Waals surface area contributed by atoms with Crippen LogP contribution >= 0.6 is 22.9 Å². The summed E-state index contributed by atoms with van der Waals surface area (Å²) in [7, 11) is 0. The van der Waals surface area contributed by atoms with E-state index >= 15 is 0 Å². The number of ether oxygens (including phenoxy) is 1. The van der Waals surface area contributed by atoms with Gasteiger partial charge in [0.25, 0.3) is 0 Å². The van der Waals surface area contributed by atoms with E-state index < -0.39 is 0 Å². The smallest absolute Gasteiger partial charge is 0.312 e. The van der Waals surface area contributed by atoms with E-state index in [4.69, 9.17) is 16.3 Å². The molecular weight excluding hydrogens is 348 g/mol. The Morgan fingerprint density at radius 1 is 1.17 bits per heavy atom. The first-order valence-corrected chi connectivity index (χ1v) is 8.98. The van der Waals surface area contributed by atoms with Crippen LogP contribution in [0.25, 0.3) is 0 Å². The lowest BCUT2D eigenvalue weighted by atomic mass is 10.3. The highest BCUT2D eigenvalue weighted by Gasteiger charge is 2.20. The first kappa shape index (κ1) is 18.4. The number of rotatable bonds is 5. The van der Waals surface area contributed by atoms with Crippen molar-refractivity contribution in [2.75, 3.05) is 0 Å². The Morgan fingerprint density at radius 2 is 1.83 bits per heavy atom. The van der Waals surface area contributed by atoms with E-state index in [1.54, 1.807) is 38.1 Å². The molecule has 0 N–H and O–H groups in total. The molecule has 0 bridgehead atoms. The van der Waals surface area contributed by atoms with Gasteiger partial charge in [0.2, 0.25) is 11.8 Å². The first-order valence-electron chi connectivity index (χ1n) is 7.79. The molecule has 5 nitrogen and oxygen atoms in total. The quantitative estimate of drug-likeness (QED) is 0.738. The van der Waals surface area contributed by atoms with Crippen molar-refractivity contribution in [3.8, 4) is 5.88 Å². The zero-order valence-electron chi connectivity index (χ0n) is 13.8. The lowest BCUT2D eigenvalue weighted by molar-refractivity contribution is -0.134. The van der Waals surface area contributed by atoms with Crippen molar-refractivity contribution in [2.24, 2.45) is 4.99 Å². The highest BCUT2D eigenvalue weighted by molar-refractivity contribution is 7.09. The van der Waals surface area contributed by atoms with Gasteiger partial charge >= 0.3 is 5.97 Å². The number of carbonyl (C=O) groups is 2. The van der Waals surface area contributed by atoms with Gasteiger partial charge in [-0.05, 0) is 30.7 Å². The van der Waals surface area contributed by atoms with E-state index in [9.17, 15) is 9.59 Å². The van der Waals surface area contributed by atoms with Gasteiger partial charge in [-0.15, -0.1) is 0 Å². The molecule has 7 heteroatoms. The van der Waals surface area contributed by atoms with Gasteiger partial charge in [-0.25, -0.2) is 9.56 Å². The molecule has 2 aromatic rings. The molecule has 0 aliphatic heterocycles. The zero-order valence-corrected chi connectivity index (χ0v) is 15.4. The lowest BCUT2D eigenvalue weighted by Gasteiger charge is -2.08. The Bertz CT molecular complexity index is 806. The molecule has 1 heterocycles. The molecule has 1 aromatic carbocycles. The predicted molar refractivity (Wildman–Crippen MR) is 95.2 cm³/mol. The fourth-order valence-corrected chi connectivity index (χ4v) is 3.13. The van der Waals surface area contributed by atoms with E-state index in [1.165, 1.54) is 15.9 Å². The zero-order chi connectivity index (χ0) is 17.7. The highest BCUT2D eigenvalue weighted by Crippen LogP contribution is 2.24. The van der Waals surface area contributed by atoms with Crippen LogP contribution in [0.15, 0.2) is 29.3 Å². The molecule has 0 aliphatic carbocycles. The second kappa shape index (κ2) is 8.26. The molecule has 2 rings (SSSR count). The van der Waals surface area contributed by atoms with E-state index in [0.717, 1.165) is 4.88 Å². The van der Waals surface area contributed by atoms with Crippen LogP contribution in [-0.2, 0) is 11.2 Å². The molecule has 0 saturated carbocycles. The molecular formula is C17H19ClN2O3S. The number of nitrogens with zero attached hydrogens (tertiary/aromatic N) is 2. The number of esters is 1. The Hall–Kier alpha value is -1.92. The molecule has 128 valence electrons. The Balaban J connectivity index is 2.64. The number of aromatic nitrogens is 1. The summed E-state index contributed by atoms with van der Waals surface area (Å²) in [6, 6.07) is 7.01. The molecule has 0 atom stereocenters. The summed E-state index contributed by atoms with van der Waals surface area (Å²) in [6.07, 6.45) is 1.16. The average molecular weight is 367 g/mol. The number of carbonyl (C=O) groups excluding carboxylic acids is 2. The van der Waals surface area contributed by atoms with Gasteiger partial charge in [0.05, 0.1) is 10.6 Å². The van der Waals surface area contributed by atoms with Gasteiger partial charge in [0, 0.05) is 17.9 Å². The van der Waals surface area contributed by atoms with Crippen LogP contribution in [0.3, 0.4) is 0 Å². The molecule has 24 heavy (non-hydrogen) atoms.